The second-order valence-electron chi connectivity index (χ2n) is 4.77. The molecule has 2 aromatic carbocycles. The standard InChI is InChI=1S/C18H20N2O2/c1-3-22-17-11-9-16(10-12-17)14(2)19-20-18(21)13-15-7-5-4-6-8-15/h4-12,19H,2-3,13H2,1H3,(H,20,21). The molecular formula is C18H20N2O2. The van der Waals surface area contributed by atoms with E-state index in [1.165, 1.54) is 0 Å². The highest BCUT2D eigenvalue weighted by molar-refractivity contribution is 5.79. The van der Waals surface area contributed by atoms with Crippen LogP contribution >= 0.6 is 0 Å². The number of hydrazine groups is 1. The van der Waals surface area contributed by atoms with Crippen molar-refractivity contribution in [1.82, 2.24) is 10.9 Å². The van der Waals surface area contributed by atoms with Crippen LogP contribution in [0.3, 0.4) is 0 Å². The number of rotatable bonds is 7. The Morgan fingerprint density at radius 2 is 1.73 bits per heavy atom. The highest BCUT2D eigenvalue weighted by Crippen LogP contribution is 2.15. The van der Waals surface area contributed by atoms with Gasteiger partial charge in [-0.15, -0.1) is 0 Å². The van der Waals surface area contributed by atoms with Gasteiger partial charge in [-0.3, -0.25) is 15.6 Å². The van der Waals surface area contributed by atoms with Crippen molar-refractivity contribution in [3.05, 3.63) is 72.3 Å². The lowest BCUT2D eigenvalue weighted by atomic mass is 10.1. The Bertz CT molecular complexity index is 621. The molecule has 0 radical (unpaired) electrons. The molecule has 0 saturated heterocycles. The minimum absolute atomic E-state index is 0.113. The molecule has 0 unspecified atom stereocenters. The Kier molecular flexibility index (Phi) is 5.60. The second-order valence-corrected chi connectivity index (χ2v) is 4.77. The summed E-state index contributed by atoms with van der Waals surface area (Å²) in [5.74, 6) is 0.699. The number of ether oxygens (including phenoxy) is 1. The van der Waals surface area contributed by atoms with E-state index in [9.17, 15) is 4.79 Å². The molecule has 22 heavy (non-hydrogen) atoms. The molecule has 0 aliphatic heterocycles. The number of carbonyl (C=O) groups is 1. The van der Waals surface area contributed by atoms with E-state index in [-0.39, 0.29) is 5.91 Å². The van der Waals surface area contributed by atoms with Crippen LogP contribution in [0.15, 0.2) is 61.2 Å². The monoisotopic (exact) mass is 296 g/mol. The number of carbonyl (C=O) groups excluding carboxylic acids is 1. The van der Waals surface area contributed by atoms with Crippen molar-refractivity contribution in [2.45, 2.75) is 13.3 Å². The third-order valence-electron chi connectivity index (χ3n) is 3.07. The lowest BCUT2D eigenvalue weighted by Gasteiger charge is -2.12. The van der Waals surface area contributed by atoms with Crippen molar-refractivity contribution in [3.63, 3.8) is 0 Å². The van der Waals surface area contributed by atoms with Crippen LogP contribution < -0.4 is 15.6 Å². The fraction of sp³-hybridized carbons (Fsp3) is 0.167. The maximum atomic E-state index is 11.9. The summed E-state index contributed by atoms with van der Waals surface area (Å²) in [5.41, 5.74) is 7.97. The van der Waals surface area contributed by atoms with Gasteiger partial charge in [0.1, 0.15) is 5.75 Å². The zero-order valence-corrected chi connectivity index (χ0v) is 12.6. The summed E-state index contributed by atoms with van der Waals surface area (Å²) >= 11 is 0. The highest BCUT2D eigenvalue weighted by Gasteiger charge is 2.04. The van der Waals surface area contributed by atoms with Gasteiger partial charge in [-0.1, -0.05) is 36.9 Å². The van der Waals surface area contributed by atoms with Gasteiger partial charge >= 0.3 is 0 Å². The molecule has 4 heteroatoms. The minimum Gasteiger partial charge on any atom is -0.494 e. The van der Waals surface area contributed by atoms with Gasteiger partial charge in [0.2, 0.25) is 5.91 Å². The van der Waals surface area contributed by atoms with Gasteiger partial charge < -0.3 is 4.74 Å². The van der Waals surface area contributed by atoms with E-state index in [1.807, 2.05) is 61.5 Å². The fourth-order valence-electron chi connectivity index (χ4n) is 1.96. The maximum Gasteiger partial charge on any atom is 0.242 e. The van der Waals surface area contributed by atoms with Crippen molar-refractivity contribution in [3.8, 4) is 5.75 Å². The number of amides is 1. The molecule has 1 amide bonds. The van der Waals surface area contributed by atoms with Crippen LogP contribution in [-0.4, -0.2) is 12.5 Å². The summed E-state index contributed by atoms with van der Waals surface area (Å²) < 4.78 is 5.39. The quantitative estimate of drug-likeness (QED) is 0.772. The van der Waals surface area contributed by atoms with E-state index in [1.54, 1.807) is 0 Å². The lowest BCUT2D eigenvalue weighted by Crippen LogP contribution is -2.36. The van der Waals surface area contributed by atoms with Gasteiger partial charge in [0.15, 0.2) is 0 Å². The van der Waals surface area contributed by atoms with Crippen LogP contribution in [0.1, 0.15) is 18.1 Å². The van der Waals surface area contributed by atoms with E-state index >= 15 is 0 Å². The summed E-state index contributed by atoms with van der Waals surface area (Å²) in [6.07, 6.45) is 0.324. The first-order valence-corrected chi connectivity index (χ1v) is 7.20. The summed E-state index contributed by atoms with van der Waals surface area (Å²) in [6, 6.07) is 17.1. The smallest absolute Gasteiger partial charge is 0.242 e. The largest absolute Gasteiger partial charge is 0.494 e. The van der Waals surface area contributed by atoms with Crippen LogP contribution in [0, 0.1) is 0 Å². The summed E-state index contributed by atoms with van der Waals surface area (Å²) in [5, 5.41) is 0. The molecule has 2 aromatic rings. The molecule has 0 heterocycles. The number of nitrogens with one attached hydrogen (secondary N) is 2. The predicted octanol–water partition coefficient (Wildman–Crippen LogP) is 2.92. The Morgan fingerprint density at radius 1 is 1.05 bits per heavy atom. The van der Waals surface area contributed by atoms with Crippen molar-refractivity contribution in [2.24, 2.45) is 0 Å². The van der Waals surface area contributed by atoms with Crippen molar-refractivity contribution < 1.29 is 9.53 Å². The van der Waals surface area contributed by atoms with Gasteiger partial charge in [0, 0.05) is 0 Å². The third-order valence-corrected chi connectivity index (χ3v) is 3.07. The van der Waals surface area contributed by atoms with Crippen LogP contribution in [0.4, 0.5) is 0 Å². The van der Waals surface area contributed by atoms with Gasteiger partial charge in [0.05, 0.1) is 18.7 Å². The molecule has 0 aromatic heterocycles. The van der Waals surface area contributed by atoms with Gasteiger partial charge in [0.25, 0.3) is 0 Å². The molecular weight excluding hydrogens is 276 g/mol. The van der Waals surface area contributed by atoms with E-state index < -0.39 is 0 Å². The number of benzene rings is 2. The molecule has 114 valence electrons. The topological polar surface area (TPSA) is 50.4 Å². The minimum atomic E-state index is -0.113. The van der Waals surface area contributed by atoms with Crippen LogP contribution in [0.25, 0.3) is 5.70 Å². The van der Waals surface area contributed by atoms with E-state index in [0.717, 1.165) is 16.9 Å². The van der Waals surface area contributed by atoms with Crippen molar-refractivity contribution >= 4 is 11.6 Å². The molecule has 4 nitrogen and oxygen atoms in total. The van der Waals surface area contributed by atoms with E-state index in [2.05, 4.69) is 17.4 Å². The normalized spacial score (nSPS) is 9.86. The molecule has 0 saturated carbocycles. The molecule has 0 bridgehead atoms. The third kappa shape index (κ3) is 4.66. The second kappa shape index (κ2) is 7.88. The molecule has 2 rings (SSSR count). The van der Waals surface area contributed by atoms with Crippen molar-refractivity contribution in [1.29, 1.82) is 0 Å². The Hall–Kier alpha value is -2.75. The zero-order valence-electron chi connectivity index (χ0n) is 12.6. The number of hydrogen-bond donors (Lipinski definition) is 2. The summed E-state index contributed by atoms with van der Waals surface area (Å²) in [7, 11) is 0. The van der Waals surface area contributed by atoms with Gasteiger partial charge in [-0.25, -0.2) is 0 Å². The maximum absolute atomic E-state index is 11.9. The molecule has 0 atom stereocenters. The predicted molar refractivity (Wildman–Crippen MR) is 88.1 cm³/mol. The average Bonchev–Trinajstić information content (AvgIpc) is 2.54. The number of hydrogen-bond acceptors (Lipinski definition) is 3. The SMILES string of the molecule is C=C(NNC(=O)Cc1ccccc1)c1ccc(OCC)cc1. The lowest BCUT2D eigenvalue weighted by molar-refractivity contribution is -0.121. The summed E-state index contributed by atoms with van der Waals surface area (Å²) in [4.78, 5) is 11.9. The molecule has 0 aliphatic carbocycles. The van der Waals surface area contributed by atoms with Gasteiger partial charge in [-0.2, -0.15) is 0 Å². The first kappa shape index (κ1) is 15.6. The van der Waals surface area contributed by atoms with E-state index in [4.69, 9.17) is 4.74 Å². The summed E-state index contributed by atoms with van der Waals surface area (Å²) in [6.45, 7) is 6.49. The van der Waals surface area contributed by atoms with E-state index in [0.29, 0.717) is 18.7 Å². The van der Waals surface area contributed by atoms with Crippen LogP contribution in [0.2, 0.25) is 0 Å². The Labute approximate surface area is 130 Å². The Balaban J connectivity index is 1.83. The van der Waals surface area contributed by atoms with Crippen molar-refractivity contribution in [2.75, 3.05) is 6.61 Å². The zero-order chi connectivity index (χ0) is 15.8. The highest BCUT2D eigenvalue weighted by atomic mass is 16.5. The Morgan fingerprint density at radius 3 is 2.36 bits per heavy atom. The molecule has 0 aliphatic rings. The van der Waals surface area contributed by atoms with Crippen LogP contribution in [0.5, 0.6) is 5.75 Å². The molecule has 2 N–H and O–H groups in total. The first-order valence-electron chi connectivity index (χ1n) is 7.20. The molecule has 0 spiro atoms. The molecule has 0 fully saturated rings. The fourth-order valence-corrected chi connectivity index (χ4v) is 1.96. The first-order chi connectivity index (χ1) is 10.7. The average molecular weight is 296 g/mol. The van der Waals surface area contributed by atoms with Crippen LogP contribution in [-0.2, 0) is 11.2 Å². The van der Waals surface area contributed by atoms with Gasteiger partial charge in [-0.05, 0) is 42.3 Å².